The number of halogens is 1. The van der Waals surface area contributed by atoms with Crippen molar-refractivity contribution in [3.05, 3.63) is 83.2 Å². The van der Waals surface area contributed by atoms with Crippen LogP contribution in [0.3, 0.4) is 0 Å². The van der Waals surface area contributed by atoms with E-state index in [-0.39, 0.29) is 17.3 Å². The molecule has 0 unspecified atom stereocenters. The number of nitrogens with zero attached hydrogens (tertiary/aromatic N) is 1. The van der Waals surface area contributed by atoms with Crippen molar-refractivity contribution in [3.8, 4) is 22.4 Å². The Labute approximate surface area is 184 Å². The van der Waals surface area contributed by atoms with Crippen LogP contribution in [0, 0.1) is 11.2 Å². The van der Waals surface area contributed by atoms with Crippen molar-refractivity contribution in [1.82, 2.24) is 4.98 Å². The van der Waals surface area contributed by atoms with Gasteiger partial charge in [-0.1, -0.05) is 38.1 Å². The first kappa shape index (κ1) is 21.2. The number of aromatic nitrogens is 1. The van der Waals surface area contributed by atoms with Gasteiger partial charge in [-0.15, -0.1) is 0 Å². The molecule has 4 N–H and O–H groups in total. The normalized spacial score (nSPS) is 11.1. The van der Waals surface area contributed by atoms with E-state index in [1.165, 1.54) is 18.3 Å². The van der Waals surface area contributed by atoms with Crippen LogP contribution in [0.2, 0.25) is 0 Å². The van der Waals surface area contributed by atoms with Gasteiger partial charge in [-0.3, -0.25) is 0 Å². The van der Waals surface area contributed by atoms with Crippen molar-refractivity contribution >= 4 is 28.8 Å². The van der Waals surface area contributed by atoms with Gasteiger partial charge in [0.05, 0.1) is 16.8 Å². The van der Waals surface area contributed by atoms with E-state index in [9.17, 15) is 14.3 Å². The standard InChI is InChI=1S/C26H22FN3O2/c1-14(2)23-24(17-4-3-5-19(27)10-17)20-11-18(13-28)21(29)12-22(20)30-25(23)15-6-8-16(9-7-15)26(31)32/h3-14,28H,29H2,1-2H3,(H,31,32). The average Bonchev–Trinajstić information content (AvgIpc) is 2.77. The molecular formula is C26H22FN3O2. The number of pyridine rings is 1. The number of nitrogens with two attached hydrogens (primary N) is 1. The minimum absolute atomic E-state index is 0.0281. The summed E-state index contributed by atoms with van der Waals surface area (Å²) in [5.41, 5.74) is 11.8. The lowest BCUT2D eigenvalue weighted by Crippen LogP contribution is -2.04. The summed E-state index contributed by atoms with van der Waals surface area (Å²) in [4.78, 5) is 16.2. The van der Waals surface area contributed by atoms with Gasteiger partial charge in [-0.2, -0.15) is 0 Å². The number of hydrogen-bond acceptors (Lipinski definition) is 4. The van der Waals surface area contributed by atoms with Crippen LogP contribution in [-0.4, -0.2) is 22.3 Å². The van der Waals surface area contributed by atoms with Crippen molar-refractivity contribution in [2.75, 3.05) is 5.73 Å². The third kappa shape index (κ3) is 3.71. The minimum atomic E-state index is -1.00. The SMILES string of the molecule is CC(C)c1c(-c2ccc(C(=O)O)cc2)nc2cc(N)c(C=N)cc2c1-c1cccc(F)c1. The maximum atomic E-state index is 14.2. The molecule has 160 valence electrons. The summed E-state index contributed by atoms with van der Waals surface area (Å²) in [7, 11) is 0. The van der Waals surface area contributed by atoms with Gasteiger partial charge >= 0.3 is 5.97 Å². The van der Waals surface area contributed by atoms with E-state index in [2.05, 4.69) is 0 Å². The highest BCUT2D eigenvalue weighted by Crippen LogP contribution is 2.42. The largest absolute Gasteiger partial charge is 0.478 e. The molecule has 0 amide bonds. The number of carbonyl (C=O) groups is 1. The number of carboxylic acids is 1. The number of nitrogens with one attached hydrogen (secondary N) is 1. The maximum Gasteiger partial charge on any atom is 0.335 e. The molecule has 1 heterocycles. The molecule has 3 aromatic carbocycles. The summed E-state index contributed by atoms with van der Waals surface area (Å²) < 4.78 is 14.2. The lowest BCUT2D eigenvalue weighted by Gasteiger charge is -2.21. The predicted molar refractivity (Wildman–Crippen MR) is 126 cm³/mol. The fourth-order valence-corrected chi connectivity index (χ4v) is 3.99. The van der Waals surface area contributed by atoms with Gasteiger partial charge in [0.2, 0.25) is 0 Å². The van der Waals surface area contributed by atoms with E-state index in [1.807, 2.05) is 26.0 Å². The number of carboxylic acid groups (broad SMARTS) is 1. The number of nitrogen functional groups attached to an aromatic ring is 1. The number of fused-ring (bicyclic) bond motifs is 1. The Hall–Kier alpha value is -4.06. The third-order valence-electron chi connectivity index (χ3n) is 5.48. The molecule has 0 saturated carbocycles. The van der Waals surface area contributed by atoms with Crippen LogP contribution in [0.4, 0.5) is 10.1 Å². The summed E-state index contributed by atoms with van der Waals surface area (Å²) in [6.07, 6.45) is 1.19. The second-order valence-corrected chi connectivity index (χ2v) is 7.94. The minimum Gasteiger partial charge on any atom is -0.478 e. The second kappa shape index (κ2) is 8.23. The first-order valence-electron chi connectivity index (χ1n) is 10.2. The molecule has 0 radical (unpaired) electrons. The smallest absolute Gasteiger partial charge is 0.335 e. The monoisotopic (exact) mass is 427 g/mol. The fourth-order valence-electron chi connectivity index (χ4n) is 3.99. The maximum absolute atomic E-state index is 14.2. The van der Waals surface area contributed by atoms with Gasteiger partial charge in [0.25, 0.3) is 0 Å². The van der Waals surface area contributed by atoms with Crippen LogP contribution >= 0.6 is 0 Å². The fraction of sp³-hybridized carbons (Fsp3) is 0.115. The molecule has 32 heavy (non-hydrogen) atoms. The predicted octanol–water partition coefficient (Wildman–Crippen LogP) is 6.11. The molecule has 0 aliphatic heterocycles. The molecule has 0 saturated heterocycles. The summed E-state index contributed by atoms with van der Waals surface area (Å²) in [6, 6.07) is 16.5. The second-order valence-electron chi connectivity index (χ2n) is 7.94. The highest BCUT2D eigenvalue weighted by Gasteiger charge is 2.21. The zero-order valence-electron chi connectivity index (χ0n) is 17.7. The number of hydrogen-bond donors (Lipinski definition) is 3. The van der Waals surface area contributed by atoms with Crippen LogP contribution in [-0.2, 0) is 0 Å². The first-order valence-corrected chi connectivity index (χ1v) is 10.2. The molecule has 0 aliphatic carbocycles. The third-order valence-corrected chi connectivity index (χ3v) is 5.48. The van der Waals surface area contributed by atoms with E-state index in [0.29, 0.717) is 28.0 Å². The molecule has 0 bridgehead atoms. The molecule has 5 nitrogen and oxygen atoms in total. The van der Waals surface area contributed by atoms with Gasteiger partial charge < -0.3 is 16.2 Å². The Morgan fingerprint density at radius 1 is 1.09 bits per heavy atom. The Kier molecular flexibility index (Phi) is 5.45. The lowest BCUT2D eigenvalue weighted by molar-refractivity contribution is 0.0697. The van der Waals surface area contributed by atoms with Gasteiger partial charge in [-0.05, 0) is 59.0 Å². The zero-order valence-corrected chi connectivity index (χ0v) is 17.7. The van der Waals surface area contributed by atoms with Crippen molar-refractivity contribution in [2.45, 2.75) is 19.8 Å². The highest BCUT2D eigenvalue weighted by molar-refractivity contribution is 6.04. The van der Waals surface area contributed by atoms with Crippen LogP contribution < -0.4 is 5.73 Å². The number of anilines is 1. The molecule has 4 rings (SSSR count). The van der Waals surface area contributed by atoms with E-state index in [0.717, 1.165) is 22.1 Å². The molecular weight excluding hydrogens is 405 g/mol. The quantitative estimate of drug-likeness (QED) is 0.264. The Bertz CT molecular complexity index is 1360. The van der Waals surface area contributed by atoms with Crippen LogP contribution in [0.1, 0.15) is 41.3 Å². The summed E-state index contributed by atoms with van der Waals surface area (Å²) >= 11 is 0. The van der Waals surface area contributed by atoms with Crippen molar-refractivity contribution < 1.29 is 14.3 Å². The van der Waals surface area contributed by atoms with Crippen molar-refractivity contribution in [1.29, 1.82) is 5.41 Å². The van der Waals surface area contributed by atoms with E-state index in [4.69, 9.17) is 16.1 Å². The number of benzene rings is 3. The lowest BCUT2D eigenvalue weighted by atomic mass is 9.86. The Balaban J connectivity index is 2.14. The molecule has 0 aliphatic rings. The van der Waals surface area contributed by atoms with Crippen molar-refractivity contribution in [2.24, 2.45) is 0 Å². The van der Waals surface area contributed by atoms with Gasteiger partial charge in [0, 0.05) is 28.4 Å². The van der Waals surface area contributed by atoms with Crippen molar-refractivity contribution in [3.63, 3.8) is 0 Å². The summed E-state index contributed by atoms with van der Waals surface area (Å²) in [5.74, 6) is -1.32. The molecule has 6 heteroatoms. The first-order chi connectivity index (χ1) is 15.3. The van der Waals surface area contributed by atoms with Crippen LogP contribution in [0.25, 0.3) is 33.3 Å². The molecule has 0 fully saturated rings. The number of aromatic carboxylic acids is 1. The average molecular weight is 427 g/mol. The molecule has 0 spiro atoms. The molecule has 0 atom stereocenters. The van der Waals surface area contributed by atoms with Gasteiger partial charge in [0.15, 0.2) is 0 Å². The highest BCUT2D eigenvalue weighted by atomic mass is 19.1. The Morgan fingerprint density at radius 2 is 1.81 bits per heavy atom. The van der Waals surface area contributed by atoms with E-state index < -0.39 is 5.97 Å². The van der Waals surface area contributed by atoms with Crippen LogP contribution in [0.5, 0.6) is 0 Å². The van der Waals surface area contributed by atoms with Gasteiger partial charge in [0.1, 0.15) is 5.82 Å². The van der Waals surface area contributed by atoms with E-state index >= 15 is 0 Å². The summed E-state index contributed by atoms with van der Waals surface area (Å²) in [6.45, 7) is 4.07. The number of rotatable bonds is 5. The van der Waals surface area contributed by atoms with E-state index in [1.54, 1.807) is 36.4 Å². The molecule has 1 aromatic heterocycles. The summed E-state index contributed by atoms with van der Waals surface area (Å²) in [5, 5.41) is 17.7. The zero-order chi connectivity index (χ0) is 23.0. The Morgan fingerprint density at radius 3 is 2.41 bits per heavy atom. The van der Waals surface area contributed by atoms with Gasteiger partial charge in [-0.25, -0.2) is 14.2 Å². The molecule has 4 aromatic rings. The topological polar surface area (TPSA) is 100 Å². The van der Waals surface area contributed by atoms with Crippen LogP contribution in [0.15, 0.2) is 60.7 Å².